The minimum Gasteiger partial charge on any atom is -0.392 e. The van der Waals surface area contributed by atoms with Gasteiger partial charge in [-0.2, -0.15) is 0 Å². The van der Waals surface area contributed by atoms with E-state index < -0.39 is 0 Å². The maximum absolute atomic E-state index is 5.71. The number of piperazine rings is 1. The predicted octanol–water partition coefficient (Wildman–Crippen LogP) is 1.79. The molecule has 2 rings (SSSR count). The second-order valence-electron chi connectivity index (χ2n) is 4.94. The summed E-state index contributed by atoms with van der Waals surface area (Å²) >= 11 is 5.06. The molecule has 3 nitrogen and oxygen atoms in total. The molecule has 1 unspecified atom stereocenters. The molecule has 1 aromatic carbocycles. The van der Waals surface area contributed by atoms with Gasteiger partial charge in [0.15, 0.2) is 0 Å². The van der Waals surface area contributed by atoms with E-state index in [4.69, 9.17) is 18.0 Å². The van der Waals surface area contributed by atoms with Gasteiger partial charge in [-0.3, -0.25) is 4.90 Å². The van der Waals surface area contributed by atoms with Crippen LogP contribution in [0.1, 0.15) is 12.5 Å². The molecule has 4 heteroatoms. The van der Waals surface area contributed by atoms with Gasteiger partial charge in [-0.1, -0.05) is 24.4 Å². The first-order chi connectivity index (χ1) is 8.58. The third kappa shape index (κ3) is 3.00. The molecule has 0 amide bonds. The van der Waals surface area contributed by atoms with Crippen molar-refractivity contribution in [1.82, 2.24) is 4.90 Å². The molecule has 1 heterocycles. The van der Waals surface area contributed by atoms with E-state index in [1.807, 2.05) is 0 Å². The average Bonchev–Trinajstić information content (AvgIpc) is 2.38. The minimum atomic E-state index is 0.208. The van der Waals surface area contributed by atoms with Crippen LogP contribution in [0.3, 0.4) is 0 Å². The van der Waals surface area contributed by atoms with Crippen LogP contribution in [0.4, 0.5) is 5.69 Å². The molecule has 0 saturated carbocycles. The Kier molecular flexibility index (Phi) is 4.19. The molecule has 0 aromatic heterocycles. The number of nitrogens with two attached hydrogens (primary N) is 1. The molecule has 0 bridgehead atoms. The van der Waals surface area contributed by atoms with Gasteiger partial charge in [-0.15, -0.1) is 0 Å². The fourth-order valence-electron chi connectivity index (χ4n) is 2.37. The molecule has 1 aliphatic heterocycles. The lowest BCUT2D eigenvalue weighted by Gasteiger charge is -2.38. The van der Waals surface area contributed by atoms with E-state index in [1.54, 1.807) is 0 Å². The molecule has 2 N–H and O–H groups in total. The number of thiocarbonyl (C=S) groups is 1. The number of hydrogen-bond donors (Lipinski definition) is 1. The molecule has 0 spiro atoms. The van der Waals surface area contributed by atoms with Gasteiger partial charge in [0, 0.05) is 31.9 Å². The molecule has 18 heavy (non-hydrogen) atoms. The number of anilines is 1. The number of nitrogens with zero attached hydrogens (tertiary/aromatic N) is 2. The summed E-state index contributed by atoms with van der Waals surface area (Å²) in [6.07, 6.45) is 0. The van der Waals surface area contributed by atoms with Crippen LogP contribution in [-0.4, -0.2) is 42.1 Å². The van der Waals surface area contributed by atoms with Crippen molar-refractivity contribution >= 4 is 22.9 Å². The van der Waals surface area contributed by atoms with E-state index in [9.17, 15) is 0 Å². The Bertz CT molecular complexity index is 425. The Balaban J connectivity index is 1.96. The first-order valence-corrected chi connectivity index (χ1v) is 6.84. The Morgan fingerprint density at radius 3 is 2.50 bits per heavy atom. The van der Waals surface area contributed by atoms with Gasteiger partial charge in [0.2, 0.25) is 0 Å². The molecule has 1 saturated heterocycles. The first-order valence-electron chi connectivity index (χ1n) is 6.43. The van der Waals surface area contributed by atoms with Crippen LogP contribution < -0.4 is 10.6 Å². The maximum Gasteiger partial charge on any atom is 0.0899 e. The maximum atomic E-state index is 5.71. The van der Waals surface area contributed by atoms with Gasteiger partial charge in [0.05, 0.1) is 11.0 Å². The van der Waals surface area contributed by atoms with Crippen LogP contribution in [0.2, 0.25) is 0 Å². The van der Waals surface area contributed by atoms with Gasteiger partial charge in [0.25, 0.3) is 0 Å². The van der Waals surface area contributed by atoms with Crippen molar-refractivity contribution in [2.75, 3.05) is 31.1 Å². The zero-order valence-electron chi connectivity index (χ0n) is 11.1. The smallest absolute Gasteiger partial charge is 0.0899 e. The Morgan fingerprint density at radius 1 is 1.28 bits per heavy atom. The van der Waals surface area contributed by atoms with Crippen molar-refractivity contribution in [3.8, 4) is 0 Å². The summed E-state index contributed by atoms with van der Waals surface area (Å²) in [7, 11) is 0. The third-order valence-corrected chi connectivity index (χ3v) is 3.98. The lowest BCUT2D eigenvalue weighted by atomic mass is 10.1. The summed E-state index contributed by atoms with van der Waals surface area (Å²) in [6.45, 7) is 8.34. The summed E-state index contributed by atoms with van der Waals surface area (Å²) in [5.74, 6) is 0. The molecule has 98 valence electrons. The highest BCUT2D eigenvalue weighted by molar-refractivity contribution is 7.80. The van der Waals surface area contributed by atoms with E-state index in [0.717, 1.165) is 26.2 Å². The zero-order valence-corrected chi connectivity index (χ0v) is 11.9. The fourth-order valence-corrected chi connectivity index (χ4v) is 2.52. The van der Waals surface area contributed by atoms with Crippen molar-refractivity contribution in [1.29, 1.82) is 0 Å². The van der Waals surface area contributed by atoms with Crippen LogP contribution in [-0.2, 0) is 0 Å². The van der Waals surface area contributed by atoms with E-state index in [1.165, 1.54) is 11.3 Å². The van der Waals surface area contributed by atoms with Crippen LogP contribution in [0, 0.1) is 6.92 Å². The Morgan fingerprint density at radius 2 is 1.94 bits per heavy atom. The monoisotopic (exact) mass is 263 g/mol. The average molecular weight is 263 g/mol. The molecule has 0 aliphatic carbocycles. The largest absolute Gasteiger partial charge is 0.392 e. The van der Waals surface area contributed by atoms with E-state index in [0.29, 0.717) is 4.99 Å². The van der Waals surface area contributed by atoms with Gasteiger partial charge in [-0.25, -0.2) is 0 Å². The minimum absolute atomic E-state index is 0.208. The van der Waals surface area contributed by atoms with Crippen LogP contribution in [0.25, 0.3) is 0 Å². The molecular weight excluding hydrogens is 242 g/mol. The Hall–Kier alpha value is -1.13. The van der Waals surface area contributed by atoms with Crippen molar-refractivity contribution < 1.29 is 0 Å². The van der Waals surface area contributed by atoms with E-state index >= 15 is 0 Å². The lowest BCUT2D eigenvalue weighted by Crippen LogP contribution is -2.52. The summed E-state index contributed by atoms with van der Waals surface area (Å²) in [5.41, 5.74) is 8.34. The topological polar surface area (TPSA) is 32.5 Å². The standard InChI is InChI=1S/C14H21N3S/c1-11-4-3-5-13(10-11)17-8-6-16(7-9-17)12(2)14(15)18/h3-5,10,12H,6-9H2,1-2H3,(H2,15,18). The molecule has 1 aliphatic rings. The van der Waals surface area contributed by atoms with Gasteiger partial charge in [0.1, 0.15) is 0 Å². The van der Waals surface area contributed by atoms with Gasteiger partial charge < -0.3 is 10.6 Å². The molecule has 1 aromatic rings. The fraction of sp³-hybridized carbons (Fsp3) is 0.500. The molecule has 0 radical (unpaired) electrons. The van der Waals surface area contributed by atoms with Crippen LogP contribution in [0.15, 0.2) is 24.3 Å². The summed E-state index contributed by atoms with van der Waals surface area (Å²) in [5, 5.41) is 0. The zero-order chi connectivity index (χ0) is 13.1. The normalized spacial score (nSPS) is 18.7. The highest BCUT2D eigenvalue weighted by atomic mass is 32.1. The quantitative estimate of drug-likeness (QED) is 0.843. The van der Waals surface area contributed by atoms with E-state index in [-0.39, 0.29) is 6.04 Å². The highest BCUT2D eigenvalue weighted by Crippen LogP contribution is 2.18. The molecule has 1 atom stereocenters. The third-order valence-electron chi connectivity index (χ3n) is 3.64. The van der Waals surface area contributed by atoms with Gasteiger partial charge >= 0.3 is 0 Å². The molecule has 1 fully saturated rings. The predicted molar refractivity (Wildman–Crippen MR) is 81.2 cm³/mol. The van der Waals surface area contributed by atoms with E-state index in [2.05, 4.69) is 47.9 Å². The SMILES string of the molecule is Cc1cccc(N2CCN(C(C)C(N)=S)CC2)c1. The number of hydrogen-bond acceptors (Lipinski definition) is 3. The highest BCUT2D eigenvalue weighted by Gasteiger charge is 2.22. The van der Waals surface area contributed by atoms with Crippen molar-refractivity contribution in [2.24, 2.45) is 5.73 Å². The number of rotatable bonds is 3. The van der Waals surface area contributed by atoms with Gasteiger partial charge in [-0.05, 0) is 31.5 Å². The van der Waals surface area contributed by atoms with Crippen molar-refractivity contribution in [3.05, 3.63) is 29.8 Å². The summed E-state index contributed by atoms with van der Waals surface area (Å²) in [6, 6.07) is 8.88. The van der Waals surface area contributed by atoms with Crippen molar-refractivity contribution in [3.63, 3.8) is 0 Å². The molecular formula is C14H21N3S. The van der Waals surface area contributed by atoms with Crippen molar-refractivity contribution in [2.45, 2.75) is 19.9 Å². The second kappa shape index (κ2) is 5.67. The second-order valence-corrected chi connectivity index (χ2v) is 5.41. The number of aryl methyl sites for hydroxylation is 1. The summed E-state index contributed by atoms with van der Waals surface area (Å²) < 4.78 is 0. The summed E-state index contributed by atoms with van der Waals surface area (Å²) in [4.78, 5) is 5.38. The van der Waals surface area contributed by atoms with Crippen LogP contribution in [0.5, 0.6) is 0 Å². The Labute approximate surface area is 115 Å². The first kappa shape index (κ1) is 13.3. The van der Waals surface area contributed by atoms with Crippen LogP contribution >= 0.6 is 12.2 Å². The lowest BCUT2D eigenvalue weighted by molar-refractivity contribution is 0.239. The number of benzene rings is 1.